The maximum atomic E-state index is 14.3. The van der Waals surface area contributed by atoms with Crippen molar-refractivity contribution in [2.45, 2.75) is 6.61 Å². The lowest BCUT2D eigenvalue weighted by molar-refractivity contribution is -0.122. The van der Waals surface area contributed by atoms with Crippen molar-refractivity contribution in [3.63, 3.8) is 0 Å². The summed E-state index contributed by atoms with van der Waals surface area (Å²) in [6.07, 6.45) is 1.33. The fraction of sp³-hybridized carbons (Fsp3) is 0.0400. The summed E-state index contributed by atoms with van der Waals surface area (Å²) in [5.74, 6) is -1.82. The molecule has 4 rings (SSSR count). The lowest BCUT2D eigenvalue weighted by Crippen LogP contribution is -2.54. The van der Waals surface area contributed by atoms with E-state index in [1.165, 1.54) is 30.3 Å². The highest BCUT2D eigenvalue weighted by Gasteiger charge is 2.35. The smallest absolute Gasteiger partial charge is 0.270 e. The van der Waals surface area contributed by atoms with E-state index < -0.39 is 17.6 Å². The van der Waals surface area contributed by atoms with Gasteiger partial charge in [-0.05, 0) is 70.1 Å². The summed E-state index contributed by atoms with van der Waals surface area (Å²) in [7, 11) is 0. The summed E-state index contributed by atoms with van der Waals surface area (Å²) in [4.78, 5) is 26.6. The molecule has 0 spiro atoms. The second-order valence-corrected chi connectivity index (χ2v) is 8.93. The zero-order valence-electron chi connectivity index (χ0n) is 17.7. The van der Waals surface area contributed by atoms with E-state index in [1.807, 2.05) is 0 Å². The zero-order chi connectivity index (χ0) is 25.1. The van der Waals surface area contributed by atoms with Crippen LogP contribution in [-0.4, -0.2) is 16.9 Å². The number of hydrogen-bond acceptors (Lipinski definition) is 5. The Balaban J connectivity index is 1.63. The molecule has 0 radical (unpaired) electrons. The topological polar surface area (TPSA) is 82.4 Å². The molecular formula is C25H14BrClFN3O3S. The van der Waals surface area contributed by atoms with E-state index >= 15 is 0 Å². The maximum Gasteiger partial charge on any atom is 0.270 e. The predicted molar refractivity (Wildman–Crippen MR) is 137 cm³/mol. The average Bonchev–Trinajstić information content (AvgIpc) is 2.82. The molecule has 1 aliphatic rings. The molecule has 1 aliphatic heterocycles. The number of hydrogen-bond donors (Lipinski definition) is 1. The standard InChI is InChI=1S/C25H14BrClFN3O3S/c26-18-10-14(11-19(27)22(18)34-13-16-6-2-1-5-15(16)12-29)9-17-23(32)30-25(35)31(24(17)33)21-8-4-3-7-20(21)28/h1-11H,13H2,(H,30,32,35)/b17-9+. The number of para-hydroxylation sites is 1. The van der Waals surface area contributed by atoms with Gasteiger partial charge >= 0.3 is 0 Å². The molecule has 0 atom stereocenters. The number of rotatable bonds is 5. The second-order valence-electron chi connectivity index (χ2n) is 7.28. The molecule has 1 heterocycles. The van der Waals surface area contributed by atoms with Crippen LogP contribution in [0.25, 0.3) is 6.08 Å². The molecule has 35 heavy (non-hydrogen) atoms. The first kappa shape index (κ1) is 24.5. The number of halogens is 3. The number of nitrogens with zero attached hydrogens (tertiary/aromatic N) is 2. The van der Waals surface area contributed by atoms with Crippen LogP contribution >= 0.6 is 39.7 Å². The molecule has 0 aromatic heterocycles. The van der Waals surface area contributed by atoms with Gasteiger partial charge in [-0.1, -0.05) is 41.9 Å². The SMILES string of the molecule is N#Cc1ccccc1COc1c(Cl)cc(/C=C2\C(=O)NC(=S)N(c3ccccc3F)C2=O)cc1Br. The summed E-state index contributed by atoms with van der Waals surface area (Å²) in [5, 5.41) is 11.6. The van der Waals surface area contributed by atoms with Gasteiger partial charge in [0.05, 0.1) is 26.8 Å². The molecule has 3 aromatic carbocycles. The Labute approximate surface area is 218 Å². The number of carbonyl (C=O) groups is 2. The largest absolute Gasteiger partial charge is 0.486 e. The number of anilines is 1. The summed E-state index contributed by atoms with van der Waals surface area (Å²) < 4.78 is 20.6. The number of ether oxygens (including phenoxy) is 1. The number of nitriles is 1. The van der Waals surface area contributed by atoms with Crippen LogP contribution in [0.1, 0.15) is 16.7 Å². The van der Waals surface area contributed by atoms with Crippen LogP contribution in [0, 0.1) is 17.1 Å². The second kappa shape index (κ2) is 10.4. The first-order valence-electron chi connectivity index (χ1n) is 10.1. The van der Waals surface area contributed by atoms with Crippen LogP contribution in [0.2, 0.25) is 5.02 Å². The Bertz CT molecular complexity index is 1430. The first-order chi connectivity index (χ1) is 16.8. The molecule has 0 bridgehead atoms. The Morgan fingerprint density at radius 2 is 1.89 bits per heavy atom. The normalized spacial score (nSPS) is 14.6. The van der Waals surface area contributed by atoms with E-state index in [4.69, 9.17) is 28.6 Å². The van der Waals surface area contributed by atoms with Gasteiger partial charge in [-0.3, -0.25) is 14.9 Å². The minimum atomic E-state index is -0.774. The van der Waals surface area contributed by atoms with Crippen molar-refractivity contribution in [3.05, 3.63) is 98.2 Å². The highest BCUT2D eigenvalue weighted by Crippen LogP contribution is 2.36. The molecule has 174 valence electrons. The van der Waals surface area contributed by atoms with Crippen LogP contribution in [0.15, 0.2) is 70.7 Å². The van der Waals surface area contributed by atoms with Crippen LogP contribution in [0.5, 0.6) is 5.75 Å². The maximum absolute atomic E-state index is 14.3. The van der Waals surface area contributed by atoms with E-state index in [0.717, 1.165) is 4.90 Å². The molecule has 0 aliphatic carbocycles. The van der Waals surface area contributed by atoms with Crippen LogP contribution in [0.4, 0.5) is 10.1 Å². The number of amides is 2. The van der Waals surface area contributed by atoms with Crippen molar-refractivity contribution in [3.8, 4) is 11.8 Å². The Hall–Kier alpha value is -3.58. The number of carbonyl (C=O) groups excluding carboxylic acids is 2. The van der Waals surface area contributed by atoms with Gasteiger partial charge in [0.2, 0.25) is 0 Å². The minimum Gasteiger partial charge on any atom is -0.486 e. The predicted octanol–water partition coefficient (Wildman–Crippen LogP) is 5.52. The van der Waals surface area contributed by atoms with E-state index in [9.17, 15) is 19.2 Å². The van der Waals surface area contributed by atoms with Crippen molar-refractivity contribution in [2.24, 2.45) is 0 Å². The van der Waals surface area contributed by atoms with Gasteiger partial charge in [0, 0.05) is 5.56 Å². The summed E-state index contributed by atoms with van der Waals surface area (Å²) in [5.41, 5.74) is 1.28. The third-order valence-electron chi connectivity index (χ3n) is 5.04. The number of thiocarbonyl (C=S) groups is 1. The van der Waals surface area contributed by atoms with Gasteiger partial charge in [-0.15, -0.1) is 0 Å². The van der Waals surface area contributed by atoms with Crippen LogP contribution in [0.3, 0.4) is 0 Å². The quantitative estimate of drug-likeness (QED) is 0.248. The van der Waals surface area contributed by atoms with Crippen LogP contribution < -0.4 is 15.0 Å². The summed E-state index contributed by atoms with van der Waals surface area (Å²) >= 11 is 14.9. The van der Waals surface area contributed by atoms with E-state index in [1.54, 1.807) is 36.4 Å². The number of benzene rings is 3. The fourth-order valence-electron chi connectivity index (χ4n) is 3.38. The van der Waals surface area contributed by atoms with Gasteiger partial charge in [0.25, 0.3) is 11.8 Å². The van der Waals surface area contributed by atoms with Crippen molar-refractivity contribution >= 4 is 68.4 Å². The van der Waals surface area contributed by atoms with E-state index in [0.29, 0.717) is 26.9 Å². The van der Waals surface area contributed by atoms with E-state index in [2.05, 4.69) is 27.3 Å². The van der Waals surface area contributed by atoms with Gasteiger partial charge in [0.15, 0.2) is 10.9 Å². The molecule has 2 amide bonds. The van der Waals surface area contributed by atoms with E-state index in [-0.39, 0.29) is 28.0 Å². The van der Waals surface area contributed by atoms with Crippen LogP contribution in [-0.2, 0) is 16.2 Å². The zero-order valence-corrected chi connectivity index (χ0v) is 20.9. The van der Waals surface area contributed by atoms with Crippen molar-refractivity contribution < 1.29 is 18.7 Å². The highest BCUT2D eigenvalue weighted by atomic mass is 79.9. The van der Waals surface area contributed by atoms with Crippen molar-refractivity contribution in [2.75, 3.05) is 4.90 Å². The molecule has 1 N–H and O–H groups in total. The third-order valence-corrected chi connectivity index (χ3v) is 6.19. The van der Waals surface area contributed by atoms with Gasteiger partial charge in [-0.2, -0.15) is 5.26 Å². The lowest BCUT2D eigenvalue weighted by atomic mass is 10.1. The minimum absolute atomic E-state index is 0.0750. The summed E-state index contributed by atoms with van der Waals surface area (Å²) in [6.45, 7) is 0.110. The Morgan fingerprint density at radius 3 is 2.60 bits per heavy atom. The highest BCUT2D eigenvalue weighted by molar-refractivity contribution is 9.10. The average molecular weight is 571 g/mol. The lowest BCUT2D eigenvalue weighted by Gasteiger charge is -2.29. The van der Waals surface area contributed by atoms with Gasteiger partial charge in [0.1, 0.15) is 18.0 Å². The Kier molecular flexibility index (Phi) is 7.26. The number of nitrogens with one attached hydrogen (secondary N) is 1. The van der Waals surface area contributed by atoms with Crippen molar-refractivity contribution in [1.29, 1.82) is 5.26 Å². The molecule has 1 saturated heterocycles. The molecular weight excluding hydrogens is 557 g/mol. The molecule has 0 saturated carbocycles. The Morgan fingerprint density at radius 1 is 1.17 bits per heavy atom. The van der Waals surface area contributed by atoms with Gasteiger partial charge < -0.3 is 4.74 Å². The molecule has 6 nitrogen and oxygen atoms in total. The molecule has 1 fully saturated rings. The molecule has 3 aromatic rings. The third kappa shape index (κ3) is 5.10. The van der Waals surface area contributed by atoms with Gasteiger partial charge in [-0.25, -0.2) is 9.29 Å². The monoisotopic (exact) mass is 569 g/mol. The first-order valence-corrected chi connectivity index (χ1v) is 11.6. The fourth-order valence-corrected chi connectivity index (χ4v) is 4.64. The molecule has 0 unspecified atom stereocenters. The molecule has 10 heteroatoms. The van der Waals surface area contributed by atoms with Crippen molar-refractivity contribution in [1.82, 2.24) is 5.32 Å². The summed E-state index contributed by atoms with van der Waals surface area (Å²) in [6, 6.07) is 17.9.